The van der Waals surface area contributed by atoms with Crippen LogP contribution in [0.25, 0.3) is 11.1 Å². The second kappa shape index (κ2) is 9.82. The molecular weight excluding hydrogens is 463 g/mol. The summed E-state index contributed by atoms with van der Waals surface area (Å²) in [5, 5.41) is 10.2. The van der Waals surface area contributed by atoms with Crippen LogP contribution in [-0.4, -0.2) is 61.1 Å². The smallest absolute Gasteiger partial charge is 0.246 e. The Labute approximate surface area is 206 Å². The summed E-state index contributed by atoms with van der Waals surface area (Å²) in [6.07, 6.45) is 1.53. The van der Waals surface area contributed by atoms with Crippen molar-refractivity contribution in [3.05, 3.63) is 89.7 Å². The summed E-state index contributed by atoms with van der Waals surface area (Å²) in [5.74, 6) is -0.723. The number of hydrogen-bond donors (Lipinski definition) is 1. The molecule has 5 rings (SSSR count). The number of nitrogens with zero attached hydrogens (tertiary/aromatic N) is 2. The van der Waals surface area contributed by atoms with Crippen molar-refractivity contribution in [1.29, 1.82) is 0 Å². The van der Waals surface area contributed by atoms with Gasteiger partial charge in [-0.25, -0.2) is 12.8 Å². The van der Waals surface area contributed by atoms with Gasteiger partial charge in [0.1, 0.15) is 10.7 Å². The van der Waals surface area contributed by atoms with E-state index in [1.54, 1.807) is 6.07 Å². The lowest BCUT2D eigenvalue weighted by atomic mass is 9.74. The van der Waals surface area contributed by atoms with Crippen LogP contribution >= 0.6 is 0 Å². The monoisotopic (exact) mass is 494 g/mol. The van der Waals surface area contributed by atoms with E-state index in [1.165, 1.54) is 28.1 Å². The first-order chi connectivity index (χ1) is 16.9. The largest absolute Gasteiger partial charge is 0.395 e. The first kappa shape index (κ1) is 24.1. The number of aryl methyl sites for hydroxylation is 1. The topological polar surface area (TPSA) is 60.9 Å². The quantitative estimate of drug-likeness (QED) is 0.571. The molecule has 0 amide bonds. The fourth-order valence-electron chi connectivity index (χ4n) is 5.64. The zero-order valence-corrected chi connectivity index (χ0v) is 20.7. The van der Waals surface area contributed by atoms with Crippen molar-refractivity contribution in [2.45, 2.75) is 42.7 Å². The molecule has 1 N–H and O–H groups in total. The van der Waals surface area contributed by atoms with Gasteiger partial charge in [-0.15, -0.1) is 0 Å². The molecule has 2 aliphatic heterocycles. The molecule has 7 heteroatoms. The predicted octanol–water partition coefficient (Wildman–Crippen LogP) is 4.41. The molecule has 3 aromatic rings. The maximum Gasteiger partial charge on any atom is 0.246 e. The van der Waals surface area contributed by atoms with Crippen molar-refractivity contribution in [3.8, 4) is 11.1 Å². The number of halogens is 1. The van der Waals surface area contributed by atoms with Crippen molar-refractivity contribution < 1.29 is 17.9 Å². The summed E-state index contributed by atoms with van der Waals surface area (Å²) in [5.41, 5.74) is 4.56. The molecule has 0 saturated carbocycles. The standard InChI is InChI=1S/C28H31FN2O3S/c1-20-7-6-8-23(17-20)21-11-13-22(14-12-21)28-25-18-30(15-4-5-16-31(25)26(28)19-32)35(33,34)27-10-3-2-9-24(27)29/h2-3,6-14,17,25-26,28,32H,4-5,15-16,18-19H2,1H3/t25-,26-,28-/m0/s1. The van der Waals surface area contributed by atoms with Crippen LogP contribution in [0.4, 0.5) is 4.39 Å². The van der Waals surface area contributed by atoms with Crippen LogP contribution in [0.15, 0.2) is 77.7 Å². The van der Waals surface area contributed by atoms with Gasteiger partial charge in [0.2, 0.25) is 10.0 Å². The van der Waals surface area contributed by atoms with Gasteiger partial charge in [0.15, 0.2) is 0 Å². The number of hydrogen-bond acceptors (Lipinski definition) is 4. The summed E-state index contributed by atoms with van der Waals surface area (Å²) < 4.78 is 42.6. The minimum Gasteiger partial charge on any atom is -0.395 e. The Morgan fingerprint density at radius 3 is 2.40 bits per heavy atom. The number of rotatable bonds is 5. The number of sulfonamides is 1. The third-order valence-corrected chi connectivity index (χ3v) is 9.33. The molecule has 35 heavy (non-hydrogen) atoms. The van der Waals surface area contributed by atoms with E-state index in [2.05, 4.69) is 54.3 Å². The van der Waals surface area contributed by atoms with E-state index in [0.29, 0.717) is 13.0 Å². The molecule has 5 nitrogen and oxygen atoms in total. The van der Waals surface area contributed by atoms with Crippen molar-refractivity contribution in [2.24, 2.45) is 0 Å². The van der Waals surface area contributed by atoms with Gasteiger partial charge in [0.25, 0.3) is 0 Å². The first-order valence-corrected chi connectivity index (χ1v) is 13.6. The van der Waals surface area contributed by atoms with Gasteiger partial charge >= 0.3 is 0 Å². The number of aliphatic hydroxyl groups is 1. The maximum absolute atomic E-state index is 14.4. The van der Waals surface area contributed by atoms with Crippen LogP contribution in [0.3, 0.4) is 0 Å². The van der Waals surface area contributed by atoms with E-state index in [9.17, 15) is 17.9 Å². The Bertz CT molecular complexity index is 1300. The molecule has 0 bridgehead atoms. The molecule has 0 aliphatic carbocycles. The molecule has 2 aliphatic rings. The molecule has 3 aromatic carbocycles. The molecule has 2 saturated heterocycles. The Hall–Kier alpha value is -2.58. The minimum absolute atomic E-state index is 0.00276. The number of aliphatic hydroxyl groups excluding tert-OH is 1. The van der Waals surface area contributed by atoms with Crippen LogP contribution in [0.2, 0.25) is 0 Å². The summed E-state index contributed by atoms with van der Waals surface area (Å²) >= 11 is 0. The fourth-order valence-corrected chi connectivity index (χ4v) is 7.20. The van der Waals surface area contributed by atoms with Gasteiger partial charge in [0.05, 0.1) is 6.61 Å². The van der Waals surface area contributed by atoms with Gasteiger partial charge in [0, 0.05) is 31.1 Å². The lowest BCUT2D eigenvalue weighted by molar-refractivity contribution is -0.0554. The minimum atomic E-state index is -3.96. The summed E-state index contributed by atoms with van der Waals surface area (Å²) in [6.45, 7) is 3.55. The molecule has 0 spiro atoms. The van der Waals surface area contributed by atoms with Gasteiger partial charge in [-0.2, -0.15) is 4.31 Å². The van der Waals surface area contributed by atoms with Crippen molar-refractivity contribution in [3.63, 3.8) is 0 Å². The van der Waals surface area contributed by atoms with E-state index in [1.807, 2.05) is 6.07 Å². The second-order valence-corrected chi connectivity index (χ2v) is 11.5. The molecular formula is C28H31FN2O3S. The van der Waals surface area contributed by atoms with Crippen LogP contribution < -0.4 is 0 Å². The molecule has 0 unspecified atom stereocenters. The second-order valence-electron chi connectivity index (χ2n) is 9.57. The lowest BCUT2D eigenvalue weighted by Gasteiger charge is -2.57. The molecule has 3 atom stereocenters. The molecule has 0 aromatic heterocycles. The summed E-state index contributed by atoms with van der Waals surface area (Å²) in [4.78, 5) is 1.95. The Kier molecular flexibility index (Phi) is 6.77. The zero-order chi connectivity index (χ0) is 24.6. The van der Waals surface area contributed by atoms with Crippen LogP contribution in [-0.2, 0) is 10.0 Å². The third kappa shape index (κ3) is 4.54. The van der Waals surface area contributed by atoms with Gasteiger partial charge in [-0.3, -0.25) is 4.90 Å². The Balaban J connectivity index is 1.43. The van der Waals surface area contributed by atoms with Crippen LogP contribution in [0.5, 0.6) is 0 Å². The lowest BCUT2D eigenvalue weighted by Crippen LogP contribution is -2.67. The highest BCUT2D eigenvalue weighted by atomic mass is 32.2. The number of fused-ring (bicyclic) bond motifs is 1. The summed E-state index contributed by atoms with van der Waals surface area (Å²) in [7, 11) is -3.96. The molecule has 2 heterocycles. The SMILES string of the molecule is Cc1cccc(-c2ccc([C@@H]3[C@H](CO)N4CCCCN(S(=O)(=O)c5ccccc5F)C[C@@H]34)cc2)c1. The highest BCUT2D eigenvalue weighted by Gasteiger charge is 2.50. The Morgan fingerprint density at radius 2 is 1.69 bits per heavy atom. The highest BCUT2D eigenvalue weighted by molar-refractivity contribution is 7.89. The fraction of sp³-hybridized carbons (Fsp3) is 0.357. The average molecular weight is 495 g/mol. The average Bonchev–Trinajstić information content (AvgIpc) is 2.83. The zero-order valence-electron chi connectivity index (χ0n) is 19.8. The van der Waals surface area contributed by atoms with E-state index in [4.69, 9.17) is 0 Å². The predicted molar refractivity (Wildman–Crippen MR) is 135 cm³/mol. The van der Waals surface area contributed by atoms with E-state index in [0.717, 1.165) is 29.7 Å². The highest BCUT2D eigenvalue weighted by Crippen LogP contribution is 2.43. The van der Waals surface area contributed by atoms with Gasteiger partial charge in [-0.05, 0) is 55.1 Å². The number of benzene rings is 3. The molecule has 0 radical (unpaired) electrons. The van der Waals surface area contributed by atoms with E-state index in [-0.39, 0.29) is 36.0 Å². The van der Waals surface area contributed by atoms with Crippen molar-refractivity contribution >= 4 is 10.0 Å². The van der Waals surface area contributed by atoms with Crippen LogP contribution in [0.1, 0.15) is 29.9 Å². The van der Waals surface area contributed by atoms with Gasteiger partial charge < -0.3 is 5.11 Å². The Morgan fingerprint density at radius 1 is 0.943 bits per heavy atom. The van der Waals surface area contributed by atoms with Crippen molar-refractivity contribution in [2.75, 3.05) is 26.2 Å². The third-order valence-electron chi connectivity index (χ3n) is 7.43. The first-order valence-electron chi connectivity index (χ1n) is 12.2. The van der Waals surface area contributed by atoms with Crippen LogP contribution in [0, 0.1) is 12.7 Å². The van der Waals surface area contributed by atoms with Crippen molar-refractivity contribution in [1.82, 2.24) is 9.21 Å². The normalized spacial score (nSPS) is 23.7. The van der Waals surface area contributed by atoms with Gasteiger partial charge in [-0.1, -0.05) is 66.2 Å². The molecule has 2 fully saturated rings. The maximum atomic E-state index is 14.4. The summed E-state index contributed by atoms with van der Waals surface area (Å²) in [6, 6.07) is 22.2. The molecule has 184 valence electrons. The van der Waals surface area contributed by atoms with E-state index < -0.39 is 15.8 Å². The van der Waals surface area contributed by atoms with E-state index >= 15 is 0 Å².